The van der Waals surface area contributed by atoms with E-state index >= 15 is 0 Å². The largest absolute Gasteiger partial charge is 0.290 e. The molecular formula is C29H23N3. The Morgan fingerprint density at radius 1 is 0.531 bits per heavy atom. The number of aromatic nitrogens is 2. The number of pyridine rings is 2. The van der Waals surface area contributed by atoms with E-state index < -0.39 is 0 Å². The lowest BCUT2D eigenvalue weighted by Crippen LogP contribution is -2.22. The van der Waals surface area contributed by atoms with Gasteiger partial charge in [-0.2, -0.15) is 0 Å². The van der Waals surface area contributed by atoms with Crippen LogP contribution in [0.25, 0.3) is 32.3 Å². The van der Waals surface area contributed by atoms with Gasteiger partial charge in [0.05, 0.1) is 0 Å². The summed E-state index contributed by atoms with van der Waals surface area (Å²) in [5.74, 6) is 0. The Bertz CT molecular complexity index is 1440. The number of hydrogen-bond donors (Lipinski definition) is 0. The van der Waals surface area contributed by atoms with E-state index in [9.17, 15) is 0 Å². The third-order valence-electron chi connectivity index (χ3n) is 6.27. The Morgan fingerprint density at radius 2 is 1.12 bits per heavy atom. The van der Waals surface area contributed by atoms with Gasteiger partial charge in [0.1, 0.15) is 0 Å². The zero-order valence-corrected chi connectivity index (χ0v) is 17.8. The summed E-state index contributed by atoms with van der Waals surface area (Å²) in [6, 6.07) is 28.5. The van der Waals surface area contributed by atoms with Crippen LogP contribution >= 0.6 is 0 Å². The Balaban J connectivity index is 1.44. The van der Waals surface area contributed by atoms with Crippen LogP contribution in [0.3, 0.4) is 0 Å². The highest BCUT2D eigenvalue weighted by Crippen LogP contribution is 2.36. The van der Waals surface area contributed by atoms with E-state index in [1.807, 2.05) is 36.9 Å². The van der Waals surface area contributed by atoms with Crippen LogP contribution in [0.4, 0.5) is 0 Å². The van der Waals surface area contributed by atoms with E-state index in [2.05, 4.69) is 81.6 Å². The van der Waals surface area contributed by atoms with Gasteiger partial charge in [0.2, 0.25) is 0 Å². The second-order valence-corrected chi connectivity index (χ2v) is 8.45. The van der Waals surface area contributed by atoms with Crippen molar-refractivity contribution in [2.24, 2.45) is 0 Å². The molecule has 3 heteroatoms. The van der Waals surface area contributed by atoms with E-state index in [0.29, 0.717) is 0 Å². The molecule has 2 aromatic heterocycles. The normalized spacial score (nSPS) is 11.8. The predicted molar refractivity (Wildman–Crippen MR) is 132 cm³/mol. The molecule has 0 radical (unpaired) electrons. The Labute approximate surface area is 187 Å². The maximum Gasteiger partial charge on any atom is 0.0312 e. The van der Waals surface area contributed by atoms with Crippen molar-refractivity contribution in [1.82, 2.24) is 14.9 Å². The molecule has 0 atom stereocenters. The minimum absolute atomic E-state index is 0.838. The van der Waals surface area contributed by atoms with Crippen LogP contribution in [0.5, 0.6) is 0 Å². The molecule has 0 saturated carbocycles. The van der Waals surface area contributed by atoms with Crippen molar-refractivity contribution in [3.63, 3.8) is 0 Å². The fourth-order valence-electron chi connectivity index (χ4n) is 4.84. The average molecular weight is 414 g/mol. The quantitative estimate of drug-likeness (QED) is 0.289. The second-order valence-electron chi connectivity index (χ2n) is 8.45. The fraction of sp³-hybridized carbons (Fsp3) is 0.103. The van der Waals surface area contributed by atoms with Crippen LogP contribution in [0.2, 0.25) is 0 Å². The summed E-state index contributed by atoms with van der Waals surface area (Å²) in [6.45, 7) is 2.54. The highest BCUT2D eigenvalue weighted by atomic mass is 15.1. The molecule has 154 valence electrons. The first-order valence-corrected chi connectivity index (χ1v) is 11.0. The highest BCUT2D eigenvalue weighted by molar-refractivity contribution is 6.23. The first kappa shape index (κ1) is 18.9. The van der Waals surface area contributed by atoms with Gasteiger partial charge >= 0.3 is 0 Å². The number of nitrogens with zero attached hydrogens (tertiary/aromatic N) is 3. The van der Waals surface area contributed by atoms with Crippen LogP contribution in [-0.4, -0.2) is 14.9 Å². The number of rotatable bonds is 6. The summed E-state index contributed by atoms with van der Waals surface area (Å²) in [4.78, 5) is 11.1. The minimum Gasteiger partial charge on any atom is -0.290 e. The smallest absolute Gasteiger partial charge is 0.0312 e. The van der Waals surface area contributed by atoms with E-state index in [0.717, 1.165) is 19.6 Å². The van der Waals surface area contributed by atoms with Crippen LogP contribution in [-0.2, 0) is 19.6 Å². The molecule has 3 nitrogen and oxygen atoms in total. The molecule has 0 saturated heterocycles. The Hall–Kier alpha value is -3.82. The molecule has 32 heavy (non-hydrogen) atoms. The maximum atomic E-state index is 4.32. The topological polar surface area (TPSA) is 29.0 Å². The third kappa shape index (κ3) is 3.47. The zero-order chi connectivity index (χ0) is 21.3. The first-order valence-electron chi connectivity index (χ1n) is 11.0. The summed E-state index contributed by atoms with van der Waals surface area (Å²) >= 11 is 0. The first-order chi connectivity index (χ1) is 15.8. The van der Waals surface area contributed by atoms with Crippen LogP contribution in [0, 0.1) is 0 Å². The average Bonchev–Trinajstić information content (AvgIpc) is 2.85. The van der Waals surface area contributed by atoms with Gasteiger partial charge in [0, 0.05) is 44.4 Å². The lowest BCUT2D eigenvalue weighted by Gasteiger charge is -2.24. The van der Waals surface area contributed by atoms with Gasteiger partial charge in [-0.15, -0.1) is 0 Å². The van der Waals surface area contributed by atoms with Crippen LogP contribution < -0.4 is 0 Å². The summed E-state index contributed by atoms with van der Waals surface area (Å²) in [7, 11) is 0. The molecule has 0 aliphatic rings. The second kappa shape index (κ2) is 8.03. The molecule has 2 heterocycles. The standard InChI is InChI=1S/C29H23N3/c1-6-23-8-9-25-10-11-26(27-13-12-24(7-1)28(23)29(25)27)20-32(18-21-4-2-14-30-16-21)19-22-5-3-15-31-17-22/h1-17H,18-20H2. The summed E-state index contributed by atoms with van der Waals surface area (Å²) in [5.41, 5.74) is 3.78. The molecule has 0 amide bonds. The molecule has 0 aliphatic carbocycles. The Kier molecular flexibility index (Phi) is 4.74. The van der Waals surface area contributed by atoms with Gasteiger partial charge < -0.3 is 0 Å². The molecule has 0 N–H and O–H groups in total. The van der Waals surface area contributed by atoms with Crippen LogP contribution in [0.15, 0.2) is 104 Å². The molecule has 0 bridgehead atoms. The fourth-order valence-corrected chi connectivity index (χ4v) is 4.84. The monoisotopic (exact) mass is 413 g/mol. The molecule has 4 aromatic carbocycles. The van der Waals surface area contributed by atoms with Gasteiger partial charge in [-0.05, 0) is 61.1 Å². The van der Waals surface area contributed by atoms with E-state index in [1.54, 1.807) is 0 Å². The van der Waals surface area contributed by atoms with Crippen LogP contribution in [0.1, 0.15) is 16.7 Å². The van der Waals surface area contributed by atoms with E-state index in [-0.39, 0.29) is 0 Å². The zero-order valence-electron chi connectivity index (χ0n) is 17.8. The summed E-state index contributed by atoms with van der Waals surface area (Å²) in [5, 5.41) is 8.00. The van der Waals surface area contributed by atoms with Gasteiger partial charge in [-0.25, -0.2) is 0 Å². The van der Waals surface area contributed by atoms with Crippen molar-refractivity contribution in [3.05, 3.63) is 120 Å². The summed E-state index contributed by atoms with van der Waals surface area (Å²) < 4.78 is 0. The van der Waals surface area contributed by atoms with Crippen molar-refractivity contribution in [2.45, 2.75) is 19.6 Å². The van der Waals surface area contributed by atoms with Crippen molar-refractivity contribution in [2.75, 3.05) is 0 Å². The predicted octanol–water partition coefficient (Wildman–Crippen LogP) is 6.58. The van der Waals surface area contributed by atoms with Gasteiger partial charge in [-0.3, -0.25) is 14.9 Å². The SMILES string of the molecule is c1cncc(CN(Cc2cccnc2)Cc2ccc3ccc4cccc5ccc2c3c45)c1. The molecule has 0 spiro atoms. The highest BCUT2D eigenvalue weighted by Gasteiger charge is 2.14. The third-order valence-corrected chi connectivity index (χ3v) is 6.27. The molecule has 0 fully saturated rings. The minimum atomic E-state index is 0.838. The van der Waals surface area contributed by atoms with E-state index in [4.69, 9.17) is 0 Å². The summed E-state index contributed by atoms with van der Waals surface area (Å²) in [6.07, 6.45) is 7.58. The molecular weight excluding hydrogens is 390 g/mol. The van der Waals surface area contributed by atoms with Crippen molar-refractivity contribution < 1.29 is 0 Å². The molecule has 0 unspecified atom stereocenters. The van der Waals surface area contributed by atoms with E-state index in [1.165, 1.54) is 49.0 Å². The molecule has 0 aliphatic heterocycles. The molecule has 6 aromatic rings. The van der Waals surface area contributed by atoms with Crippen molar-refractivity contribution >= 4 is 32.3 Å². The maximum absolute atomic E-state index is 4.32. The van der Waals surface area contributed by atoms with Gasteiger partial charge in [-0.1, -0.05) is 66.7 Å². The van der Waals surface area contributed by atoms with Gasteiger partial charge in [0.25, 0.3) is 0 Å². The lowest BCUT2D eigenvalue weighted by atomic mass is 9.92. The number of hydrogen-bond acceptors (Lipinski definition) is 3. The Morgan fingerprint density at radius 3 is 1.75 bits per heavy atom. The van der Waals surface area contributed by atoms with Gasteiger partial charge in [0.15, 0.2) is 0 Å². The van der Waals surface area contributed by atoms with Crippen molar-refractivity contribution in [3.8, 4) is 0 Å². The lowest BCUT2D eigenvalue weighted by molar-refractivity contribution is 0.248. The van der Waals surface area contributed by atoms with Crippen molar-refractivity contribution in [1.29, 1.82) is 0 Å². The number of benzene rings is 4. The molecule has 6 rings (SSSR count).